The smallest absolute Gasteiger partial charge is 0.274 e. The number of sulfone groups is 1. The molecule has 142 valence electrons. The maximum Gasteiger partial charge on any atom is 0.274 e. The molecule has 2 saturated heterocycles. The van der Waals surface area contributed by atoms with E-state index in [-0.39, 0.29) is 29.4 Å². The largest absolute Gasteiger partial charge is 0.339 e. The Labute approximate surface area is 153 Å². The van der Waals surface area contributed by atoms with Crippen molar-refractivity contribution in [1.29, 1.82) is 0 Å². The van der Waals surface area contributed by atoms with Gasteiger partial charge >= 0.3 is 0 Å². The van der Waals surface area contributed by atoms with Gasteiger partial charge in [-0.1, -0.05) is 0 Å². The summed E-state index contributed by atoms with van der Waals surface area (Å²) in [4.78, 5) is 27.8. The van der Waals surface area contributed by atoms with Gasteiger partial charge in [0, 0.05) is 44.7 Å². The van der Waals surface area contributed by atoms with Crippen molar-refractivity contribution in [3.05, 3.63) is 17.5 Å². The van der Waals surface area contributed by atoms with Crippen molar-refractivity contribution in [2.75, 3.05) is 37.7 Å². The molecule has 3 fully saturated rings. The number of nitrogens with zero attached hydrogens (tertiary/aromatic N) is 4. The molecular weight excluding hydrogens is 356 g/mol. The average molecular weight is 380 g/mol. The number of carbonyl (C=O) groups is 2. The molecule has 8 nitrogen and oxygen atoms in total. The number of hydrogen-bond acceptors (Lipinski definition) is 5. The van der Waals surface area contributed by atoms with Gasteiger partial charge in [0.1, 0.15) is 0 Å². The Kier molecular flexibility index (Phi) is 4.29. The van der Waals surface area contributed by atoms with Crippen LogP contribution in [-0.4, -0.2) is 77.5 Å². The molecule has 1 aromatic heterocycles. The van der Waals surface area contributed by atoms with Gasteiger partial charge in [0.25, 0.3) is 5.91 Å². The monoisotopic (exact) mass is 380 g/mol. The van der Waals surface area contributed by atoms with Gasteiger partial charge in [0.15, 0.2) is 15.5 Å². The first-order valence-electron chi connectivity index (χ1n) is 9.19. The SMILES string of the molecule is CC(=O)N1CCN(C(=O)c2cc(C3CC3)n(C3CCS(=O)(=O)C3)n2)CC1. The van der Waals surface area contributed by atoms with Crippen molar-refractivity contribution in [2.45, 2.75) is 38.1 Å². The molecule has 26 heavy (non-hydrogen) atoms. The molecule has 9 heteroatoms. The van der Waals surface area contributed by atoms with Crippen LogP contribution in [0.15, 0.2) is 6.07 Å². The van der Waals surface area contributed by atoms with E-state index in [2.05, 4.69) is 5.10 Å². The van der Waals surface area contributed by atoms with E-state index in [0.29, 0.717) is 44.2 Å². The van der Waals surface area contributed by atoms with Gasteiger partial charge in [0.2, 0.25) is 5.91 Å². The minimum Gasteiger partial charge on any atom is -0.339 e. The van der Waals surface area contributed by atoms with Crippen LogP contribution in [0.25, 0.3) is 0 Å². The third kappa shape index (κ3) is 3.36. The molecule has 2 aliphatic heterocycles. The van der Waals surface area contributed by atoms with Crippen LogP contribution in [-0.2, 0) is 14.6 Å². The van der Waals surface area contributed by atoms with Crippen molar-refractivity contribution in [2.24, 2.45) is 0 Å². The van der Waals surface area contributed by atoms with E-state index in [1.807, 2.05) is 6.07 Å². The lowest BCUT2D eigenvalue weighted by molar-refractivity contribution is -0.130. The lowest BCUT2D eigenvalue weighted by atomic mass is 10.2. The van der Waals surface area contributed by atoms with Crippen molar-refractivity contribution < 1.29 is 18.0 Å². The second-order valence-corrected chi connectivity index (χ2v) is 9.76. The van der Waals surface area contributed by atoms with E-state index in [9.17, 15) is 18.0 Å². The molecule has 0 bridgehead atoms. The Morgan fingerprint density at radius 2 is 1.73 bits per heavy atom. The fraction of sp³-hybridized carbons (Fsp3) is 0.706. The highest BCUT2D eigenvalue weighted by Gasteiger charge is 2.36. The first kappa shape index (κ1) is 17.5. The van der Waals surface area contributed by atoms with E-state index in [4.69, 9.17) is 0 Å². The van der Waals surface area contributed by atoms with Gasteiger partial charge in [-0.05, 0) is 25.3 Å². The van der Waals surface area contributed by atoms with Gasteiger partial charge in [-0.25, -0.2) is 8.42 Å². The standard InChI is InChI=1S/C17H24N4O4S/c1-12(22)19-5-7-20(8-6-19)17(23)15-10-16(13-2-3-13)21(18-15)14-4-9-26(24,25)11-14/h10,13-14H,2-9,11H2,1H3. The number of carbonyl (C=O) groups excluding carboxylic acids is 2. The third-order valence-corrected chi connectivity index (χ3v) is 7.30. The third-order valence-electron chi connectivity index (χ3n) is 5.55. The van der Waals surface area contributed by atoms with Gasteiger partial charge < -0.3 is 9.80 Å². The number of rotatable bonds is 3. The van der Waals surface area contributed by atoms with Crippen molar-refractivity contribution in [3.63, 3.8) is 0 Å². The molecule has 1 saturated carbocycles. The summed E-state index contributed by atoms with van der Waals surface area (Å²) in [5.74, 6) is 0.591. The Balaban J connectivity index is 1.53. The number of hydrogen-bond donors (Lipinski definition) is 0. The number of amides is 2. The molecule has 0 radical (unpaired) electrons. The normalized spacial score (nSPS) is 25.5. The Morgan fingerprint density at radius 3 is 2.27 bits per heavy atom. The molecule has 2 amide bonds. The summed E-state index contributed by atoms with van der Waals surface area (Å²) >= 11 is 0. The van der Waals surface area contributed by atoms with Gasteiger partial charge in [-0.15, -0.1) is 0 Å². The topological polar surface area (TPSA) is 92.6 Å². The summed E-state index contributed by atoms with van der Waals surface area (Å²) in [6, 6.07) is 1.69. The summed E-state index contributed by atoms with van der Waals surface area (Å²) < 4.78 is 25.5. The molecule has 1 aliphatic carbocycles. The fourth-order valence-electron chi connectivity index (χ4n) is 3.84. The van der Waals surface area contributed by atoms with Crippen LogP contribution in [0.1, 0.15) is 54.3 Å². The molecule has 0 aromatic carbocycles. The second kappa shape index (κ2) is 6.37. The van der Waals surface area contributed by atoms with Crippen molar-refractivity contribution in [3.8, 4) is 0 Å². The summed E-state index contributed by atoms with van der Waals surface area (Å²) in [7, 11) is -3.01. The molecule has 4 rings (SSSR count). The molecule has 1 aromatic rings. The van der Waals surface area contributed by atoms with Crippen LogP contribution in [0.2, 0.25) is 0 Å². The molecule has 0 N–H and O–H groups in total. The molecule has 1 atom stereocenters. The minimum absolute atomic E-state index is 0.0276. The first-order valence-corrected chi connectivity index (χ1v) is 11.0. The van der Waals surface area contributed by atoms with E-state index in [0.717, 1.165) is 18.5 Å². The first-order chi connectivity index (χ1) is 12.3. The molecule has 3 aliphatic rings. The maximum atomic E-state index is 12.9. The average Bonchev–Trinajstić information content (AvgIpc) is 3.26. The highest BCUT2D eigenvalue weighted by molar-refractivity contribution is 7.91. The minimum atomic E-state index is -3.01. The lowest BCUT2D eigenvalue weighted by Crippen LogP contribution is -2.50. The van der Waals surface area contributed by atoms with Crippen molar-refractivity contribution >= 4 is 21.7 Å². The van der Waals surface area contributed by atoms with Crippen LogP contribution in [0.3, 0.4) is 0 Å². The van der Waals surface area contributed by atoms with Crippen LogP contribution >= 0.6 is 0 Å². The number of aromatic nitrogens is 2. The van der Waals surface area contributed by atoms with E-state index in [1.54, 1.807) is 14.5 Å². The fourth-order valence-corrected chi connectivity index (χ4v) is 5.54. The van der Waals surface area contributed by atoms with Crippen LogP contribution in [0.5, 0.6) is 0 Å². The van der Waals surface area contributed by atoms with Crippen LogP contribution in [0.4, 0.5) is 0 Å². The molecular formula is C17H24N4O4S. The van der Waals surface area contributed by atoms with Crippen LogP contribution in [0, 0.1) is 0 Å². The van der Waals surface area contributed by atoms with Gasteiger partial charge in [-0.2, -0.15) is 5.10 Å². The zero-order valence-corrected chi connectivity index (χ0v) is 15.7. The molecule has 3 heterocycles. The highest BCUT2D eigenvalue weighted by atomic mass is 32.2. The molecule has 0 spiro atoms. The highest BCUT2D eigenvalue weighted by Crippen LogP contribution is 2.42. The zero-order valence-electron chi connectivity index (χ0n) is 14.9. The summed E-state index contributed by atoms with van der Waals surface area (Å²) in [6.45, 7) is 3.62. The summed E-state index contributed by atoms with van der Waals surface area (Å²) in [5.41, 5.74) is 1.39. The van der Waals surface area contributed by atoms with Gasteiger partial charge in [-0.3, -0.25) is 14.3 Å². The van der Waals surface area contributed by atoms with E-state index >= 15 is 0 Å². The quantitative estimate of drug-likeness (QED) is 0.758. The Bertz CT molecular complexity index is 835. The zero-order chi connectivity index (χ0) is 18.5. The Morgan fingerprint density at radius 1 is 1.08 bits per heavy atom. The van der Waals surface area contributed by atoms with Gasteiger partial charge in [0.05, 0.1) is 17.5 Å². The number of piperazine rings is 1. The maximum absolute atomic E-state index is 12.9. The summed E-state index contributed by atoms with van der Waals surface area (Å²) in [6.07, 6.45) is 2.70. The molecule has 1 unspecified atom stereocenters. The Hall–Kier alpha value is -1.90. The second-order valence-electron chi connectivity index (χ2n) is 7.53. The predicted molar refractivity (Wildman–Crippen MR) is 94.7 cm³/mol. The van der Waals surface area contributed by atoms with E-state index < -0.39 is 9.84 Å². The van der Waals surface area contributed by atoms with E-state index in [1.165, 1.54) is 6.92 Å². The predicted octanol–water partition coefficient (Wildman–Crippen LogP) is 0.424. The van der Waals surface area contributed by atoms with Crippen LogP contribution < -0.4 is 0 Å². The van der Waals surface area contributed by atoms with Crippen molar-refractivity contribution in [1.82, 2.24) is 19.6 Å². The summed E-state index contributed by atoms with van der Waals surface area (Å²) in [5, 5.41) is 4.53. The lowest BCUT2D eigenvalue weighted by Gasteiger charge is -2.33.